The molecule has 1 aliphatic carbocycles. The normalized spacial score (nSPS) is 18.2. The molecule has 3 heteroatoms. The summed E-state index contributed by atoms with van der Waals surface area (Å²) in [6.45, 7) is 2.04. The molecule has 1 aliphatic rings. The Morgan fingerprint density at radius 3 is 2.59 bits per heavy atom. The van der Waals surface area contributed by atoms with Crippen LogP contribution in [-0.4, -0.2) is 16.3 Å². The van der Waals surface area contributed by atoms with Crippen LogP contribution in [0.25, 0.3) is 0 Å². The number of aryl methyl sites for hydroxylation is 1. The highest BCUT2D eigenvalue weighted by atomic mass is 32.2. The minimum absolute atomic E-state index is 0.279. The van der Waals surface area contributed by atoms with Crippen molar-refractivity contribution in [3.05, 3.63) is 29.8 Å². The highest BCUT2D eigenvalue weighted by molar-refractivity contribution is 8.00. The smallest absolute Gasteiger partial charge is 0.317 e. The van der Waals surface area contributed by atoms with Gasteiger partial charge in [0.05, 0.1) is 0 Å². The number of aliphatic carboxylic acids is 1. The molecular formula is C14H18O2S. The van der Waals surface area contributed by atoms with Gasteiger partial charge in [-0.05, 0) is 37.3 Å². The molecule has 1 N–H and O–H groups in total. The summed E-state index contributed by atoms with van der Waals surface area (Å²) in [5, 5.41) is 9.09. The number of hydrogen-bond acceptors (Lipinski definition) is 2. The van der Waals surface area contributed by atoms with Gasteiger partial charge in [-0.3, -0.25) is 4.79 Å². The maximum absolute atomic E-state index is 11.4. The Labute approximate surface area is 106 Å². The van der Waals surface area contributed by atoms with E-state index in [0.717, 1.165) is 17.7 Å². The molecule has 17 heavy (non-hydrogen) atoms. The molecule has 0 aliphatic heterocycles. The average molecular weight is 250 g/mol. The SMILES string of the molecule is Cc1ccccc1SC(C(=O)O)C1CCCC1. The molecule has 1 unspecified atom stereocenters. The molecule has 0 heterocycles. The van der Waals surface area contributed by atoms with Gasteiger partial charge in [0, 0.05) is 4.90 Å². The summed E-state index contributed by atoms with van der Waals surface area (Å²) in [7, 11) is 0. The largest absolute Gasteiger partial charge is 0.480 e. The van der Waals surface area contributed by atoms with Gasteiger partial charge in [-0.25, -0.2) is 0 Å². The molecule has 1 atom stereocenters. The summed E-state index contributed by atoms with van der Waals surface area (Å²) in [5.41, 5.74) is 1.17. The van der Waals surface area contributed by atoms with Crippen molar-refractivity contribution in [3.8, 4) is 0 Å². The van der Waals surface area contributed by atoms with E-state index in [-0.39, 0.29) is 5.25 Å². The molecular weight excluding hydrogens is 232 g/mol. The standard InChI is InChI=1S/C14H18O2S/c1-10-6-2-5-9-12(10)17-13(14(15)16)11-7-3-4-8-11/h2,5-6,9,11,13H,3-4,7-8H2,1H3,(H,15,16). The minimum Gasteiger partial charge on any atom is -0.480 e. The fraction of sp³-hybridized carbons (Fsp3) is 0.500. The van der Waals surface area contributed by atoms with E-state index in [1.54, 1.807) is 0 Å². The summed E-state index contributed by atoms with van der Waals surface area (Å²) < 4.78 is 0. The molecule has 2 nitrogen and oxygen atoms in total. The van der Waals surface area contributed by atoms with Gasteiger partial charge in [0.25, 0.3) is 0 Å². The second-order valence-electron chi connectivity index (χ2n) is 4.69. The first-order valence-corrected chi connectivity index (χ1v) is 7.01. The summed E-state index contributed by atoms with van der Waals surface area (Å²) in [6.07, 6.45) is 4.50. The monoisotopic (exact) mass is 250 g/mol. The van der Waals surface area contributed by atoms with E-state index in [4.69, 9.17) is 0 Å². The summed E-state index contributed by atoms with van der Waals surface area (Å²) in [6, 6.07) is 8.02. The van der Waals surface area contributed by atoms with E-state index in [0.29, 0.717) is 5.92 Å². The molecule has 1 aromatic carbocycles. The fourth-order valence-corrected chi connectivity index (χ4v) is 3.68. The third-order valence-corrected chi connectivity index (χ3v) is 4.97. The molecule has 92 valence electrons. The van der Waals surface area contributed by atoms with E-state index in [9.17, 15) is 9.90 Å². The van der Waals surface area contributed by atoms with Gasteiger partial charge in [0.1, 0.15) is 5.25 Å². The van der Waals surface area contributed by atoms with Crippen molar-refractivity contribution in [2.75, 3.05) is 0 Å². The van der Waals surface area contributed by atoms with Gasteiger partial charge in [0.2, 0.25) is 0 Å². The van der Waals surface area contributed by atoms with Crippen molar-refractivity contribution in [2.45, 2.75) is 42.8 Å². The van der Waals surface area contributed by atoms with E-state index in [1.165, 1.54) is 30.2 Å². The van der Waals surface area contributed by atoms with Crippen molar-refractivity contribution >= 4 is 17.7 Å². The molecule has 0 saturated heterocycles. The lowest BCUT2D eigenvalue weighted by molar-refractivity contribution is -0.137. The number of carboxylic acids is 1. The molecule has 0 radical (unpaired) electrons. The summed E-state index contributed by atoms with van der Waals surface area (Å²) in [4.78, 5) is 12.5. The van der Waals surface area contributed by atoms with Crippen molar-refractivity contribution in [1.29, 1.82) is 0 Å². The lowest BCUT2D eigenvalue weighted by atomic mass is 10.0. The topological polar surface area (TPSA) is 37.3 Å². The van der Waals surface area contributed by atoms with Crippen LogP contribution in [0.1, 0.15) is 31.2 Å². The zero-order valence-electron chi connectivity index (χ0n) is 10.1. The highest BCUT2D eigenvalue weighted by Gasteiger charge is 2.31. The summed E-state index contributed by atoms with van der Waals surface area (Å²) in [5.74, 6) is -0.317. The van der Waals surface area contributed by atoms with Gasteiger partial charge < -0.3 is 5.11 Å². The first kappa shape index (κ1) is 12.5. The molecule has 0 aromatic heterocycles. The predicted octanol–water partition coefficient (Wildman–Crippen LogP) is 3.73. The lowest BCUT2D eigenvalue weighted by Crippen LogP contribution is -2.24. The predicted molar refractivity (Wildman–Crippen MR) is 70.4 cm³/mol. The molecule has 0 bridgehead atoms. The quantitative estimate of drug-likeness (QED) is 0.827. The highest BCUT2D eigenvalue weighted by Crippen LogP contribution is 2.38. The first-order chi connectivity index (χ1) is 8.18. The van der Waals surface area contributed by atoms with Crippen molar-refractivity contribution < 1.29 is 9.90 Å². The molecule has 1 saturated carbocycles. The van der Waals surface area contributed by atoms with Gasteiger partial charge in [0.15, 0.2) is 0 Å². The van der Waals surface area contributed by atoms with Gasteiger partial charge in [-0.2, -0.15) is 0 Å². The average Bonchev–Trinajstić information content (AvgIpc) is 2.81. The van der Waals surface area contributed by atoms with Crippen LogP contribution in [0.5, 0.6) is 0 Å². The fourth-order valence-electron chi connectivity index (χ4n) is 2.43. The zero-order valence-corrected chi connectivity index (χ0v) is 10.9. The molecule has 1 aromatic rings. The van der Waals surface area contributed by atoms with E-state index in [2.05, 4.69) is 0 Å². The van der Waals surface area contributed by atoms with Crippen LogP contribution in [0.3, 0.4) is 0 Å². The van der Waals surface area contributed by atoms with Crippen molar-refractivity contribution in [1.82, 2.24) is 0 Å². The van der Waals surface area contributed by atoms with E-state index in [1.807, 2.05) is 31.2 Å². The molecule has 0 spiro atoms. The van der Waals surface area contributed by atoms with Crippen molar-refractivity contribution in [3.63, 3.8) is 0 Å². The zero-order chi connectivity index (χ0) is 12.3. The van der Waals surface area contributed by atoms with Crippen LogP contribution in [0.4, 0.5) is 0 Å². The maximum Gasteiger partial charge on any atom is 0.317 e. The summed E-state index contributed by atoms with van der Waals surface area (Å²) >= 11 is 1.52. The van der Waals surface area contributed by atoms with Gasteiger partial charge in [-0.1, -0.05) is 31.0 Å². The van der Waals surface area contributed by atoms with Crippen LogP contribution >= 0.6 is 11.8 Å². The first-order valence-electron chi connectivity index (χ1n) is 6.13. The van der Waals surface area contributed by atoms with E-state index < -0.39 is 5.97 Å². The number of hydrogen-bond donors (Lipinski definition) is 1. The third-order valence-electron chi connectivity index (χ3n) is 3.42. The van der Waals surface area contributed by atoms with E-state index >= 15 is 0 Å². The Kier molecular flexibility index (Phi) is 4.11. The maximum atomic E-state index is 11.4. The Hall–Kier alpha value is -0.960. The Bertz CT molecular complexity index is 397. The Morgan fingerprint density at radius 1 is 1.35 bits per heavy atom. The number of rotatable bonds is 4. The van der Waals surface area contributed by atoms with Crippen LogP contribution < -0.4 is 0 Å². The van der Waals surface area contributed by atoms with Crippen LogP contribution in [0.15, 0.2) is 29.2 Å². The van der Waals surface area contributed by atoms with Gasteiger partial charge >= 0.3 is 5.97 Å². The number of carboxylic acid groups (broad SMARTS) is 1. The van der Waals surface area contributed by atoms with Crippen molar-refractivity contribution in [2.24, 2.45) is 5.92 Å². The third kappa shape index (κ3) is 3.03. The number of benzene rings is 1. The second-order valence-corrected chi connectivity index (χ2v) is 5.87. The second kappa shape index (κ2) is 5.58. The molecule has 1 fully saturated rings. The molecule has 2 rings (SSSR count). The van der Waals surface area contributed by atoms with Crippen LogP contribution in [0.2, 0.25) is 0 Å². The Morgan fingerprint density at radius 2 is 2.00 bits per heavy atom. The van der Waals surface area contributed by atoms with Crippen LogP contribution in [0, 0.1) is 12.8 Å². The number of carbonyl (C=O) groups is 1. The molecule has 0 amide bonds. The number of thioether (sulfide) groups is 1. The minimum atomic E-state index is -0.662. The lowest BCUT2D eigenvalue weighted by Gasteiger charge is -2.19. The van der Waals surface area contributed by atoms with Gasteiger partial charge in [-0.15, -0.1) is 11.8 Å². The van der Waals surface area contributed by atoms with Crippen LogP contribution in [-0.2, 0) is 4.79 Å². The Balaban J connectivity index is 2.12.